The van der Waals surface area contributed by atoms with E-state index in [4.69, 9.17) is 9.47 Å². The molecule has 0 bridgehead atoms. The summed E-state index contributed by atoms with van der Waals surface area (Å²) in [5.41, 5.74) is 1.93. The monoisotopic (exact) mass is 336 g/mol. The smallest absolute Gasteiger partial charge is 0.251 e. The molecule has 0 aliphatic carbocycles. The first-order valence-corrected chi connectivity index (χ1v) is 8.76. The van der Waals surface area contributed by atoms with Crippen LogP contribution in [0, 0.1) is 0 Å². The van der Waals surface area contributed by atoms with Crippen LogP contribution >= 0.6 is 0 Å². The lowest BCUT2D eigenvalue weighted by Gasteiger charge is -2.24. The summed E-state index contributed by atoms with van der Waals surface area (Å²) in [5.74, 6) is -0.0327. The van der Waals surface area contributed by atoms with Gasteiger partial charge in [-0.15, -0.1) is 0 Å². The average Bonchev–Trinajstić information content (AvgIpc) is 2.59. The van der Waals surface area contributed by atoms with Crippen LogP contribution in [0.4, 0.5) is 0 Å². The van der Waals surface area contributed by atoms with Crippen LogP contribution in [0.15, 0.2) is 24.3 Å². The number of carbonyl (C=O) groups is 1. The van der Waals surface area contributed by atoms with Crippen LogP contribution in [-0.4, -0.2) is 56.9 Å². The Labute approximate surface area is 146 Å². The van der Waals surface area contributed by atoms with Gasteiger partial charge in [-0.1, -0.05) is 19.1 Å². The van der Waals surface area contributed by atoms with Crippen LogP contribution in [-0.2, 0) is 16.0 Å². The van der Waals surface area contributed by atoms with E-state index in [1.165, 1.54) is 5.56 Å². The first-order valence-electron chi connectivity index (χ1n) is 8.76. The summed E-state index contributed by atoms with van der Waals surface area (Å²) in [6.45, 7) is 10.9. The molecule has 0 saturated carbocycles. The molecule has 0 saturated heterocycles. The van der Waals surface area contributed by atoms with Crippen molar-refractivity contribution in [2.75, 3.05) is 40.0 Å². The Bertz CT molecular complexity index is 460. The number of hydrogen-bond donors (Lipinski definition) is 1. The topological polar surface area (TPSA) is 50.8 Å². The van der Waals surface area contributed by atoms with E-state index < -0.39 is 0 Å². The Morgan fingerprint density at radius 3 is 2.46 bits per heavy atom. The Morgan fingerprint density at radius 1 is 1.17 bits per heavy atom. The lowest BCUT2D eigenvalue weighted by Crippen LogP contribution is -2.30. The van der Waals surface area contributed by atoms with Crippen LogP contribution in [0.2, 0.25) is 0 Å². The van der Waals surface area contributed by atoms with E-state index in [1.54, 1.807) is 7.11 Å². The number of nitrogens with zero attached hydrogens (tertiary/aromatic N) is 1. The van der Waals surface area contributed by atoms with Crippen LogP contribution in [0.1, 0.15) is 43.1 Å². The molecular formula is C19H32N2O3. The molecule has 1 aromatic carbocycles. The molecule has 0 fully saturated rings. The molecule has 0 spiro atoms. The van der Waals surface area contributed by atoms with Crippen molar-refractivity contribution in [3.05, 3.63) is 35.4 Å². The fourth-order valence-electron chi connectivity index (χ4n) is 2.38. The Balaban J connectivity index is 2.33. The second-order valence-electron chi connectivity index (χ2n) is 6.07. The quantitative estimate of drug-likeness (QED) is 0.596. The van der Waals surface area contributed by atoms with Crippen molar-refractivity contribution in [3.63, 3.8) is 0 Å². The highest BCUT2D eigenvalue weighted by atomic mass is 16.5. The van der Waals surface area contributed by atoms with Crippen molar-refractivity contribution >= 4 is 5.91 Å². The van der Waals surface area contributed by atoms with E-state index in [9.17, 15) is 4.79 Å². The number of benzene rings is 1. The summed E-state index contributed by atoms with van der Waals surface area (Å²) >= 11 is 0. The highest BCUT2D eigenvalue weighted by Crippen LogP contribution is 2.10. The van der Waals surface area contributed by atoms with Crippen LogP contribution in [0.5, 0.6) is 0 Å². The predicted octanol–water partition coefficient (Wildman–Crippen LogP) is 2.70. The SMILES string of the molecule is CCN(Cc1ccc(C(=O)NCCCOCCOC)cc1)C(C)C. The summed E-state index contributed by atoms with van der Waals surface area (Å²) in [6.07, 6.45) is 0.799. The van der Waals surface area contributed by atoms with E-state index in [0.29, 0.717) is 38.0 Å². The van der Waals surface area contributed by atoms with Gasteiger partial charge in [0, 0.05) is 38.4 Å². The molecule has 5 nitrogen and oxygen atoms in total. The van der Waals surface area contributed by atoms with Crippen molar-refractivity contribution in [1.29, 1.82) is 0 Å². The standard InChI is InChI=1S/C19H32N2O3/c1-5-21(16(2)3)15-17-7-9-18(10-8-17)19(22)20-11-6-12-24-14-13-23-4/h7-10,16H,5-6,11-15H2,1-4H3,(H,20,22). The van der Waals surface area contributed by atoms with Crippen LogP contribution in [0.3, 0.4) is 0 Å². The van der Waals surface area contributed by atoms with Gasteiger partial charge in [0.05, 0.1) is 13.2 Å². The number of ether oxygens (including phenoxy) is 2. The highest BCUT2D eigenvalue weighted by Gasteiger charge is 2.09. The molecule has 0 unspecified atom stereocenters. The summed E-state index contributed by atoms with van der Waals surface area (Å²) in [6, 6.07) is 8.38. The molecule has 1 aromatic rings. The molecule has 1 N–H and O–H groups in total. The molecule has 0 aliphatic heterocycles. The molecule has 0 heterocycles. The fourth-order valence-corrected chi connectivity index (χ4v) is 2.38. The zero-order valence-electron chi connectivity index (χ0n) is 15.5. The summed E-state index contributed by atoms with van der Waals surface area (Å²) in [7, 11) is 1.65. The molecule has 1 amide bonds. The van der Waals surface area contributed by atoms with Gasteiger partial charge in [0.1, 0.15) is 0 Å². The van der Waals surface area contributed by atoms with E-state index in [0.717, 1.165) is 19.5 Å². The van der Waals surface area contributed by atoms with E-state index in [-0.39, 0.29) is 5.91 Å². The summed E-state index contributed by atoms with van der Waals surface area (Å²) in [4.78, 5) is 14.5. The van der Waals surface area contributed by atoms with Crippen LogP contribution < -0.4 is 5.32 Å². The highest BCUT2D eigenvalue weighted by molar-refractivity contribution is 5.94. The maximum atomic E-state index is 12.1. The second-order valence-corrected chi connectivity index (χ2v) is 6.07. The number of hydrogen-bond acceptors (Lipinski definition) is 4. The van der Waals surface area contributed by atoms with Gasteiger partial charge in [-0.25, -0.2) is 0 Å². The molecule has 0 aliphatic rings. The number of rotatable bonds is 12. The van der Waals surface area contributed by atoms with Crippen molar-refractivity contribution in [3.8, 4) is 0 Å². The summed E-state index contributed by atoms with van der Waals surface area (Å²) in [5, 5.41) is 2.92. The molecule has 0 atom stereocenters. The largest absolute Gasteiger partial charge is 0.382 e. The third kappa shape index (κ3) is 7.90. The minimum absolute atomic E-state index is 0.0327. The van der Waals surface area contributed by atoms with Gasteiger partial charge in [0.2, 0.25) is 0 Å². The average molecular weight is 336 g/mol. The lowest BCUT2D eigenvalue weighted by atomic mass is 10.1. The van der Waals surface area contributed by atoms with Crippen molar-refractivity contribution in [1.82, 2.24) is 10.2 Å². The molecule has 24 heavy (non-hydrogen) atoms. The van der Waals surface area contributed by atoms with Crippen molar-refractivity contribution in [2.45, 2.75) is 39.8 Å². The van der Waals surface area contributed by atoms with E-state index in [2.05, 4.69) is 31.0 Å². The van der Waals surface area contributed by atoms with Gasteiger partial charge in [-0.3, -0.25) is 9.69 Å². The van der Waals surface area contributed by atoms with Crippen molar-refractivity contribution < 1.29 is 14.3 Å². The number of amides is 1. The molecular weight excluding hydrogens is 304 g/mol. The summed E-state index contributed by atoms with van der Waals surface area (Å²) < 4.78 is 10.3. The number of methoxy groups -OCH3 is 1. The minimum atomic E-state index is -0.0327. The Morgan fingerprint density at radius 2 is 1.88 bits per heavy atom. The minimum Gasteiger partial charge on any atom is -0.382 e. The third-order valence-corrected chi connectivity index (χ3v) is 3.92. The van der Waals surface area contributed by atoms with Gasteiger partial charge in [0.15, 0.2) is 0 Å². The van der Waals surface area contributed by atoms with Gasteiger partial charge in [0.25, 0.3) is 5.91 Å². The first kappa shape index (κ1) is 20.6. The molecule has 0 radical (unpaired) electrons. The maximum absolute atomic E-state index is 12.1. The van der Waals surface area contributed by atoms with Gasteiger partial charge in [-0.2, -0.15) is 0 Å². The maximum Gasteiger partial charge on any atom is 0.251 e. The fraction of sp³-hybridized carbons (Fsp3) is 0.632. The molecule has 5 heteroatoms. The predicted molar refractivity (Wildman–Crippen MR) is 97.3 cm³/mol. The van der Waals surface area contributed by atoms with E-state index >= 15 is 0 Å². The number of carbonyl (C=O) groups excluding carboxylic acids is 1. The zero-order chi connectivity index (χ0) is 17.8. The van der Waals surface area contributed by atoms with Gasteiger partial charge >= 0.3 is 0 Å². The van der Waals surface area contributed by atoms with Gasteiger partial charge < -0.3 is 14.8 Å². The normalized spacial score (nSPS) is 11.2. The van der Waals surface area contributed by atoms with Gasteiger partial charge in [-0.05, 0) is 44.5 Å². The second kappa shape index (κ2) is 12.0. The first-order chi connectivity index (χ1) is 11.6. The lowest BCUT2D eigenvalue weighted by molar-refractivity contribution is 0.0688. The molecule has 0 aromatic heterocycles. The van der Waals surface area contributed by atoms with Crippen LogP contribution in [0.25, 0.3) is 0 Å². The van der Waals surface area contributed by atoms with Crippen molar-refractivity contribution in [2.24, 2.45) is 0 Å². The number of nitrogens with one attached hydrogen (secondary N) is 1. The third-order valence-electron chi connectivity index (χ3n) is 3.92. The molecule has 1 rings (SSSR count). The van der Waals surface area contributed by atoms with E-state index in [1.807, 2.05) is 24.3 Å². The zero-order valence-corrected chi connectivity index (χ0v) is 15.5. The Kier molecular flexibility index (Phi) is 10.3. The Hall–Kier alpha value is -1.43. The molecule has 136 valence electrons.